The van der Waals surface area contributed by atoms with Crippen molar-refractivity contribution in [1.29, 1.82) is 0 Å². The van der Waals surface area contributed by atoms with Crippen LogP contribution in [0.5, 0.6) is 0 Å². The molecule has 0 fully saturated rings. The van der Waals surface area contributed by atoms with Crippen molar-refractivity contribution in [2.24, 2.45) is 0 Å². The van der Waals surface area contributed by atoms with Crippen molar-refractivity contribution in [3.63, 3.8) is 0 Å². The molecule has 0 spiro atoms. The number of carbonyl (C=O) groups is 2. The number of methoxy groups -OCH3 is 1. The molecule has 1 atom stereocenters. The monoisotopic (exact) mass is 272 g/mol. The van der Waals surface area contributed by atoms with Crippen molar-refractivity contribution in [2.45, 2.75) is 6.04 Å². The summed E-state index contributed by atoms with van der Waals surface area (Å²) in [6.45, 7) is -0.239. The highest BCUT2D eigenvalue weighted by atomic mass is 19.2. The molecule has 19 heavy (non-hydrogen) atoms. The van der Waals surface area contributed by atoms with Crippen LogP contribution in [-0.4, -0.2) is 32.6 Å². The fourth-order valence-electron chi connectivity index (χ4n) is 1.47. The predicted molar refractivity (Wildman–Crippen MR) is 63.2 cm³/mol. The Morgan fingerprint density at radius 2 is 2.00 bits per heavy atom. The second kappa shape index (κ2) is 6.79. The molecule has 0 radical (unpaired) electrons. The average molecular weight is 272 g/mol. The van der Waals surface area contributed by atoms with Crippen molar-refractivity contribution in [3.8, 4) is 0 Å². The molecule has 2 N–H and O–H groups in total. The summed E-state index contributed by atoms with van der Waals surface area (Å²) in [5.74, 6) is -3.20. The largest absolute Gasteiger partial charge is 0.375 e. The molecule has 1 rings (SSSR count). The number of likely N-dealkylation sites (N-methyl/N-ethyl adjacent to an activating group) is 1. The van der Waals surface area contributed by atoms with E-state index in [4.69, 9.17) is 0 Å². The fourth-order valence-corrected chi connectivity index (χ4v) is 1.47. The molecule has 0 saturated heterocycles. The molecule has 5 nitrogen and oxygen atoms in total. The fraction of sp³-hybridized carbons (Fsp3) is 0.333. The van der Waals surface area contributed by atoms with Crippen molar-refractivity contribution < 1.29 is 23.1 Å². The zero-order valence-electron chi connectivity index (χ0n) is 10.5. The van der Waals surface area contributed by atoms with Crippen LogP contribution >= 0.6 is 0 Å². The van der Waals surface area contributed by atoms with E-state index in [1.54, 1.807) is 0 Å². The highest BCUT2D eigenvalue weighted by Crippen LogP contribution is 2.16. The highest BCUT2D eigenvalue weighted by Gasteiger charge is 2.22. The summed E-state index contributed by atoms with van der Waals surface area (Å²) in [7, 11) is 2.70. The number of rotatable bonds is 5. The molecule has 0 saturated carbocycles. The third kappa shape index (κ3) is 3.99. The van der Waals surface area contributed by atoms with Gasteiger partial charge in [0.1, 0.15) is 12.6 Å². The summed E-state index contributed by atoms with van der Waals surface area (Å²) >= 11 is 0. The van der Waals surface area contributed by atoms with E-state index < -0.39 is 29.5 Å². The van der Waals surface area contributed by atoms with Crippen molar-refractivity contribution >= 4 is 11.8 Å². The Bertz CT molecular complexity index is 480. The Hall–Kier alpha value is -2.02. The Morgan fingerprint density at radius 3 is 2.53 bits per heavy atom. The van der Waals surface area contributed by atoms with Crippen LogP contribution in [0.25, 0.3) is 0 Å². The molecule has 104 valence electrons. The Morgan fingerprint density at radius 1 is 1.32 bits per heavy atom. The van der Waals surface area contributed by atoms with E-state index in [-0.39, 0.29) is 12.2 Å². The van der Waals surface area contributed by atoms with Crippen LogP contribution in [0.3, 0.4) is 0 Å². The third-order valence-corrected chi connectivity index (χ3v) is 2.37. The molecule has 7 heteroatoms. The lowest BCUT2D eigenvalue weighted by molar-refractivity contribution is -0.130. The minimum atomic E-state index is -1.11. The number of nitrogens with one attached hydrogen (secondary N) is 2. The maximum absolute atomic E-state index is 13.1. The first-order chi connectivity index (χ1) is 8.99. The van der Waals surface area contributed by atoms with Crippen molar-refractivity contribution in [3.05, 3.63) is 35.4 Å². The highest BCUT2D eigenvalue weighted by molar-refractivity contribution is 5.88. The zero-order valence-corrected chi connectivity index (χ0v) is 10.5. The number of ether oxygens (including phenoxy) is 1. The standard InChI is InChI=1S/C12H14F2N2O3/c1-15-12(18)11(16-10(17)6-19-2)7-3-4-8(13)9(14)5-7/h3-5,11H,6H2,1-2H3,(H,15,18)(H,16,17). The van der Waals surface area contributed by atoms with Crippen LogP contribution in [-0.2, 0) is 14.3 Å². The molecule has 0 bridgehead atoms. The van der Waals surface area contributed by atoms with E-state index >= 15 is 0 Å². The lowest BCUT2D eigenvalue weighted by Gasteiger charge is -2.17. The number of hydrogen-bond acceptors (Lipinski definition) is 3. The summed E-state index contributed by atoms with van der Waals surface area (Å²) in [5, 5.41) is 4.70. The van der Waals surface area contributed by atoms with Gasteiger partial charge in [-0.3, -0.25) is 9.59 Å². The van der Waals surface area contributed by atoms with Gasteiger partial charge >= 0.3 is 0 Å². The molecule has 1 aromatic carbocycles. The third-order valence-electron chi connectivity index (χ3n) is 2.37. The lowest BCUT2D eigenvalue weighted by atomic mass is 10.1. The lowest BCUT2D eigenvalue weighted by Crippen LogP contribution is -2.40. The van der Waals surface area contributed by atoms with Gasteiger partial charge in [0, 0.05) is 14.2 Å². The summed E-state index contributed by atoms with van der Waals surface area (Å²) in [6, 6.07) is 1.87. The van der Waals surface area contributed by atoms with Gasteiger partial charge in [-0.25, -0.2) is 8.78 Å². The SMILES string of the molecule is CNC(=O)C(NC(=O)COC)c1ccc(F)c(F)c1. The summed E-state index contributed by atoms with van der Waals surface area (Å²) < 4.78 is 30.6. The number of benzene rings is 1. The van der Waals surface area contributed by atoms with E-state index in [1.807, 2.05) is 0 Å². The normalized spacial score (nSPS) is 11.8. The van der Waals surface area contributed by atoms with E-state index in [2.05, 4.69) is 15.4 Å². The molecule has 0 aliphatic heterocycles. The maximum Gasteiger partial charge on any atom is 0.246 e. The van der Waals surface area contributed by atoms with E-state index in [1.165, 1.54) is 20.2 Å². The molecule has 2 amide bonds. The van der Waals surface area contributed by atoms with Gasteiger partial charge in [-0.2, -0.15) is 0 Å². The Balaban J connectivity index is 2.99. The van der Waals surface area contributed by atoms with Gasteiger partial charge in [0.25, 0.3) is 0 Å². The number of hydrogen-bond donors (Lipinski definition) is 2. The molecule has 1 unspecified atom stereocenters. The molecule has 1 aromatic rings. The summed E-state index contributed by atoms with van der Waals surface area (Å²) in [4.78, 5) is 23.1. The minimum Gasteiger partial charge on any atom is -0.375 e. The van der Waals surface area contributed by atoms with Crippen molar-refractivity contribution in [2.75, 3.05) is 20.8 Å². The van der Waals surface area contributed by atoms with E-state index in [0.717, 1.165) is 12.1 Å². The van der Waals surface area contributed by atoms with Gasteiger partial charge < -0.3 is 15.4 Å². The van der Waals surface area contributed by atoms with Gasteiger partial charge in [-0.1, -0.05) is 6.07 Å². The smallest absolute Gasteiger partial charge is 0.246 e. The second-order valence-electron chi connectivity index (χ2n) is 3.72. The van der Waals surface area contributed by atoms with Crippen LogP contribution < -0.4 is 10.6 Å². The molecule has 0 aliphatic carbocycles. The Labute approximate surface area is 108 Å². The van der Waals surface area contributed by atoms with Crippen LogP contribution in [0.4, 0.5) is 8.78 Å². The van der Waals surface area contributed by atoms with Crippen LogP contribution in [0.15, 0.2) is 18.2 Å². The number of amides is 2. The topological polar surface area (TPSA) is 67.4 Å². The molecular formula is C12H14F2N2O3. The first kappa shape index (κ1) is 15.0. The maximum atomic E-state index is 13.1. The molecular weight excluding hydrogens is 258 g/mol. The van der Waals surface area contributed by atoms with Gasteiger partial charge in [-0.05, 0) is 17.7 Å². The predicted octanol–water partition coefficient (Wildman–Crippen LogP) is 0.514. The Kier molecular flexibility index (Phi) is 5.37. The van der Waals surface area contributed by atoms with E-state index in [0.29, 0.717) is 0 Å². The molecule has 0 aliphatic rings. The number of carbonyl (C=O) groups excluding carboxylic acids is 2. The number of halogens is 2. The van der Waals surface area contributed by atoms with Crippen LogP contribution in [0, 0.1) is 11.6 Å². The quantitative estimate of drug-likeness (QED) is 0.821. The molecule has 0 heterocycles. The van der Waals surface area contributed by atoms with Gasteiger partial charge in [-0.15, -0.1) is 0 Å². The molecule has 0 aromatic heterocycles. The first-order valence-corrected chi connectivity index (χ1v) is 5.44. The van der Waals surface area contributed by atoms with Crippen molar-refractivity contribution in [1.82, 2.24) is 10.6 Å². The van der Waals surface area contributed by atoms with Gasteiger partial charge in [0.05, 0.1) is 0 Å². The summed E-state index contributed by atoms with van der Waals surface area (Å²) in [6.07, 6.45) is 0. The van der Waals surface area contributed by atoms with Crippen LogP contribution in [0.1, 0.15) is 11.6 Å². The van der Waals surface area contributed by atoms with Gasteiger partial charge in [0.2, 0.25) is 11.8 Å². The summed E-state index contributed by atoms with van der Waals surface area (Å²) in [5.41, 5.74) is 0.141. The minimum absolute atomic E-state index is 0.141. The second-order valence-corrected chi connectivity index (χ2v) is 3.72. The first-order valence-electron chi connectivity index (χ1n) is 5.44. The van der Waals surface area contributed by atoms with E-state index in [9.17, 15) is 18.4 Å². The zero-order chi connectivity index (χ0) is 14.4. The van der Waals surface area contributed by atoms with Gasteiger partial charge in [0.15, 0.2) is 11.6 Å². The van der Waals surface area contributed by atoms with Crippen LogP contribution in [0.2, 0.25) is 0 Å². The average Bonchev–Trinajstić information content (AvgIpc) is 2.39.